The molecule has 1 atom stereocenters. The summed E-state index contributed by atoms with van der Waals surface area (Å²) in [6.45, 7) is 4.10. The van der Waals surface area contributed by atoms with Crippen LogP contribution in [-0.2, 0) is 0 Å². The van der Waals surface area contributed by atoms with Gasteiger partial charge >= 0.3 is 0 Å². The van der Waals surface area contributed by atoms with Crippen molar-refractivity contribution in [2.45, 2.75) is 25.3 Å². The van der Waals surface area contributed by atoms with Crippen molar-refractivity contribution in [2.75, 3.05) is 26.2 Å². The van der Waals surface area contributed by atoms with Gasteiger partial charge in [0.15, 0.2) is 0 Å². The van der Waals surface area contributed by atoms with Crippen molar-refractivity contribution >= 4 is 52.3 Å². The van der Waals surface area contributed by atoms with E-state index in [4.69, 9.17) is 11.6 Å². The van der Waals surface area contributed by atoms with Gasteiger partial charge in [-0.3, -0.25) is 4.90 Å². The molecule has 1 aromatic rings. The van der Waals surface area contributed by atoms with Crippen LogP contribution in [0.2, 0.25) is 5.02 Å². The summed E-state index contributed by atoms with van der Waals surface area (Å²) < 4.78 is 0.940. The van der Waals surface area contributed by atoms with Gasteiger partial charge in [-0.1, -0.05) is 34.0 Å². The monoisotopic (exact) mass is 430 g/mol. The lowest BCUT2D eigenvalue weighted by molar-refractivity contribution is 0.0819. The minimum Gasteiger partial charge on any atom is -0.506 e. The van der Waals surface area contributed by atoms with Gasteiger partial charge < -0.3 is 10.4 Å². The van der Waals surface area contributed by atoms with Crippen LogP contribution in [0.1, 0.15) is 30.9 Å². The summed E-state index contributed by atoms with van der Waals surface area (Å²) in [5, 5.41) is 14.2. The molecule has 2 fully saturated rings. The van der Waals surface area contributed by atoms with E-state index < -0.39 is 0 Å². The number of halogens is 4. The molecule has 0 bridgehead atoms. The summed E-state index contributed by atoms with van der Waals surface area (Å²) in [6.07, 6.45) is 3.80. The maximum atomic E-state index is 10.4. The molecule has 2 aliphatic rings. The summed E-state index contributed by atoms with van der Waals surface area (Å²) in [6, 6.07) is 4.09. The number of hydrogen-bond donors (Lipinski definition) is 2. The van der Waals surface area contributed by atoms with Crippen LogP contribution in [0.15, 0.2) is 16.6 Å². The number of phenolic OH excluding ortho intramolecular Hbond substituents is 1. The van der Waals surface area contributed by atoms with E-state index in [-0.39, 0.29) is 30.6 Å². The topological polar surface area (TPSA) is 35.5 Å². The molecule has 7 heteroatoms. The fourth-order valence-corrected chi connectivity index (χ4v) is 4.11. The third-order valence-corrected chi connectivity index (χ3v) is 5.26. The highest BCUT2D eigenvalue weighted by atomic mass is 79.9. The van der Waals surface area contributed by atoms with Crippen LogP contribution in [-0.4, -0.2) is 36.2 Å². The fraction of sp³-hybridized carbons (Fsp3) is 0.600. The molecule has 22 heavy (non-hydrogen) atoms. The average Bonchev–Trinajstić information content (AvgIpc) is 2.39. The van der Waals surface area contributed by atoms with Gasteiger partial charge in [-0.2, -0.15) is 0 Å². The zero-order chi connectivity index (χ0) is 14.1. The molecule has 1 saturated heterocycles. The van der Waals surface area contributed by atoms with Crippen LogP contribution >= 0.6 is 52.3 Å². The number of benzene rings is 1. The van der Waals surface area contributed by atoms with Crippen molar-refractivity contribution in [3.8, 4) is 5.75 Å². The van der Waals surface area contributed by atoms with E-state index in [2.05, 4.69) is 26.1 Å². The van der Waals surface area contributed by atoms with Crippen LogP contribution in [0.3, 0.4) is 0 Å². The second-order valence-electron chi connectivity index (χ2n) is 5.75. The zero-order valence-electron chi connectivity index (χ0n) is 12.2. The van der Waals surface area contributed by atoms with Gasteiger partial charge in [-0.25, -0.2) is 0 Å². The Labute approximate surface area is 157 Å². The highest BCUT2D eigenvalue weighted by molar-refractivity contribution is 9.10. The van der Waals surface area contributed by atoms with Gasteiger partial charge in [0.25, 0.3) is 0 Å². The molecular weight excluding hydrogens is 410 g/mol. The first-order chi connectivity index (χ1) is 9.66. The second kappa shape index (κ2) is 8.95. The second-order valence-corrected chi connectivity index (χ2v) is 7.07. The molecule has 3 rings (SSSR count). The maximum Gasteiger partial charge on any atom is 0.139 e. The first kappa shape index (κ1) is 20.3. The Hall–Kier alpha value is 0.290. The molecule has 1 aliphatic heterocycles. The van der Waals surface area contributed by atoms with E-state index in [1.807, 2.05) is 6.07 Å². The predicted octanol–water partition coefficient (Wildman–Crippen LogP) is 4.40. The van der Waals surface area contributed by atoms with Gasteiger partial charge in [0, 0.05) is 42.3 Å². The van der Waals surface area contributed by atoms with Gasteiger partial charge in [0.2, 0.25) is 0 Å². The molecule has 0 aromatic heterocycles. The van der Waals surface area contributed by atoms with E-state index in [0.29, 0.717) is 17.0 Å². The number of nitrogens with zero attached hydrogens (tertiary/aromatic N) is 1. The summed E-state index contributed by atoms with van der Waals surface area (Å²) >= 11 is 9.66. The first-order valence-corrected chi connectivity index (χ1v) is 8.46. The number of nitrogens with one attached hydrogen (secondary N) is 1. The Morgan fingerprint density at radius 3 is 2.41 bits per heavy atom. The number of aromatic hydroxyl groups is 1. The quantitative estimate of drug-likeness (QED) is 0.743. The van der Waals surface area contributed by atoms with Crippen molar-refractivity contribution in [3.63, 3.8) is 0 Å². The lowest BCUT2D eigenvalue weighted by Gasteiger charge is -2.43. The molecular formula is C15H22BrCl3N2O. The summed E-state index contributed by atoms with van der Waals surface area (Å²) in [5.41, 5.74) is 0.982. The van der Waals surface area contributed by atoms with E-state index in [1.165, 1.54) is 19.3 Å². The van der Waals surface area contributed by atoms with Gasteiger partial charge in [-0.15, -0.1) is 24.8 Å². The number of rotatable bonds is 3. The van der Waals surface area contributed by atoms with Crippen LogP contribution in [0.5, 0.6) is 5.75 Å². The average molecular weight is 433 g/mol. The van der Waals surface area contributed by atoms with Crippen molar-refractivity contribution in [1.82, 2.24) is 10.2 Å². The molecule has 0 radical (unpaired) electrons. The molecule has 2 N–H and O–H groups in total. The molecule has 126 valence electrons. The minimum absolute atomic E-state index is 0. The molecule has 0 amide bonds. The van der Waals surface area contributed by atoms with Gasteiger partial charge in [-0.05, 0) is 30.9 Å². The number of phenols is 1. The van der Waals surface area contributed by atoms with Crippen molar-refractivity contribution in [1.29, 1.82) is 0 Å². The normalized spacial score (nSPS) is 20.5. The largest absolute Gasteiger partial charge is 0.506 e. The fourth-order valence-electron chi connectivity index (χ4n) is 3.28. The maximum absolute atomic E-state index is 10.4. The SMILES string of the molecule is Cl.Cl.Oc1c(Cl)cc(Br)cc1[C@H](C1CCC1)N1CCNCC1. The van der Waals surface area contributed by atoms with Crippen LogP contribution in [0.4, 0.5) is 0 Å². The van der Waals surface area contributed by atoms with Crippen LogP contribution < -0.4 is 5.32 Å². The number of hydrogen-bond acceptors (Lipinski definition) is 3. The molecule has 0 spiro atoms. The minimum atomic E-state index is 0. The van der Waals surface area contributed by atoms with E-state index in [0.717, 1.165) is 36.2 Å². The molecule has 0 unspecified atom stereocenters. The lowest BCUT2D eigenvalue weighted by Crippen LogP contribution is -2.47. The lowest BCUT2D eigenvalue weighted by atomic mass is 9.76. The van der Waals surface area contributed by atoms with Gasteiger partial charge in [0.1, 0.15) is 5.75 Å². The van der Waals surface area contributed by atoms with Crippen LogP contribution in [0, 0.1) is 5.92 Å². The molecule has 1 heterocycles. The molecule has 1 aromatic carbocycles. The standard InChI is InChI=1S/C15H20BrClN2O.2ClH/c16-11-8-12(15(20)13(17)9-11)14(10-2-1-3-10)19-6-4-18-5-7-19;;/h8-10,14,18,20H,1-7H2;2*1H/t14-;;/m0../s1. The first-order valence-electron chi connectivity index (χ1n) is 7.29. The Morgan fingerprint density at radius 2 is 1.86 bits per heavy atom. The van der Waals surface area contributed by atoms with E-state index in [9.17, 15) is 5.11 Å². The van der Waals surface area contributed by atoms with E-state index >= 15 is 0 Å². The van der Waals surface area contributed by atoms with Crippen LogP contribution in [0.25, 0.3) is 0 Å². The Bertz CT molecular complexity index is 494. The summed E-state index contributed by atoms with van der Waals surface area (Å²) in [7, 11) is 0. The number of piperazine rings is 1. The molecule has 3 nitrogen and oxygen atoms in total. The van der Waals surface area contributed by atoms with Crippen molar-refractivity contribution < 1.29 is 5.11 Å². The van der Waals surface area contributed by atoms with Crippen molar-refractivity contribution in [2.24, 2.45) is 5.92 Å². The summed E-state index contributed by atoms with van der Waals surface area (Å²) in [5.74, 6) is 0.898. The Kier molecular flexibility index (Phi) is 8.27. The Balaban J connectivity index is 0.00000121. The van der Waals surface area contributed by atoms with Gasteiger partial charge in [0.05, 0.1) is 5.02 Å². The Morgan fingerprint density at radius 1 is 1.23 bits per heavy atom. The third kappa shape index (κ3) is 4.22. The highest BCUT2D eigenvalue weighted by Gasteiger charge is 2.35. The smallest absolute Gasteiger partial charge is 0.139 e. The third-order valence-electron chi connectivity index (χ3n) is 4.52. The highest BCUT2D eigenvalue weighted by Crippen LogP contribution is 2.46. The van der Waals surface area contributed by atoms with E-state index in [1.54, 1.807) is 6.07 Å². The molecule has 1 saturated carbocycles. The van der Waals surface area contributed by atoms with Crippen molar-refractivity contribution in [3.05, 3.63) is 27.2 Å². The molecule has 1 aliphatic carbocycles. The summed E-state index contributed by atoms with van der Waals surface area (Å²) in [4.78, 5) is 2.50. The zero-order valence-corrected chi connectivity index (χ0v) is 16.2. The predicted molar refractivity (Wildman–Crippen MR) is 99.8 cm³/mol.